The summed E-state index contributed by atoms with van der Waals surface area (Å²) >= 11 is -13.7. The summed E-state index contributed by atoms with van der Waals surface area (Å²) in [5, 5.41) is 0. The molecular weight excluding hydrogens is 888 g/mol. The fourth-order valence-electron chi connectivity index (χ4n) is 3.66. The Hall–Kier alpha value is -1.91. The molecule has 1 unspecified atom stereocenters. The van der Waals surface area contributed by atoms with Crippen LogP contribution in [0.5, 0.6) is 0 Å². The van der Waals surface area contributed by atoms with E-state index in [0.29, 0.717) is 18.2 Å². The van der Waals surface area contributed by atoms with Crippen molar-refractivity contribution in [2.45, 2.75) is 78.9 Å². The first-order valence-corrected chi connectivity index (χ1v) is 16.8. The molecule has 0 spiro atoms. The minimum atomic E-state index is -13.7. The second kappa shape index (κ2) is 12.1. The molecule has 1 aromatic carbocycles. The van der Waals surface area contributed by atoms with Crippen molar-refractivity contribution < 1.29 is 122 Å². The molecule has 29 heteroatoms. The third-order valence-electron chi connectivity index (χ3n) is 6.38. The van der Waals surface area contributed by atoms with Crippen LogP contribution < -0.4 is 0 Å². The Balaban J connectivity index is 4.97. The van der Waals surface area contributed by atoms with Gasteiger partial charge in [0.05, 0.1) is 0 Å². The van der Waals surface area contributed by atoms with E-state index in [4.69, 9.17) is 0 Å². The predicted octanol–water partition coefficient (Wildman–Crippen LogP) is 10.7. The van der Waals surface area contributed by atoms with E-state index < -0.39 is 103 Å². The number of halogens is 27. The average molecular weight is 897 g/mol. The Labute approximate surface area is 255 Å². The third kappa shape index (κ3) is 5.91. The van der Waals surface area contributed by atoms with Crippen molar-refractivity contribution in [1.29, 1.82) is 0 Å². The molecule has 288 valence electrons. The van der Waals surface area contributed by atoms with Crippen molar-refractivity contribution in [3.05, 3.63) is 35.9 Å². The molecule has 0 aliphatic heterocycles. The molecule has 0 heterocycles. The van der Waals surface area contributed by atoms with E-state index in [0.717, 1.165) is 0 Å². The number of hydrogen-bond acceptors (Lipinski definition) is 1. The summed E-state index contributed by atoms with van der Waals surface area (Å²) in [7, 11) is 0. The molecule has 0 saturated heterocycles. The van der Waals surface area contributed by atoms with Gasteiger partial charge in [-0.2, -0.15) is 0 Å². The molecule has 1 atom stereocenters. The van der Waals surface area contributed by atoms with Gasteiger partial charge in [-0.25, -0.2) is 0 Å². The van der Waals surface area contributed by atoms with Crippen LogP contribution in [0.2, 0.25) is 0 Å². The molecule has 1 aromatic rings. The molecule has 0 radical (unpaired) electrons. The van der Waals surface area contributed by atoms with Crippen molar-refractivity contribution >= 4 is 18.8 Å². The van der Waals surface area contributed by atoms with Gasteiger partial charge in [0.15, 0.2) is 0 Å². The first-order chi connectivity index (χ1) is 21.0. The van der Waals surface area contributed by atoms with Crippen molar-refractivity contribution in [3.63, 3.8) is 0 Å². The zero-order valence-electron chi connectivity index (χ0n) is 22.1. The van der Waals surface area contributed by atoms with Crippen LogP contribution in [-0.2, 0) is 3.07 Å². The second-order valence-corrected chi connectivity index (χ2v) is 19.5. The van der Waals surface area contributed by atoms with Crippen LogP contribution in [0.1, 0.15) is 18.6 Å². The first kappa shape index (κ1) is 45.1. The zero-order valence-corrected chi connectivity index (χ0v) is 24.9. The predicted molar refractivity (Wildman–Crippen MR) is 104 cm³/mol. The fourth-order valence-corrected chi connectivity index (χ4v) is 15.3. The monoisotopic (exact) mass is 898 g/mol. The van der Waals surface area contributed by atoms with Crippen molar-refractivity contribution in [3.8, 4) is 0 Å². The molecular formula is C20H9F27OSn. The summed E-state index contributed by atoms with van der Waals surface area (Å²) in [4.78, 5) is 0. The van der Waals surface area contributed by atoms with E-state index >= 15 is 26.3 Å². The van der Waals surface area contributed by atoms with Gasteiger partial charge in [0, 0.05) is 0 Å². The quantitative estimate of drug-likeness (QED) is 0.150. The van der Waals surface area contributed by atoms with Crippen LogP contribution in [0.3, 0.4) is 0 Å². The standard InChI is InChI=1S/C8H9O.3C4F9.Sn/c1-7(9)8-5-3-2-4-6-8;3*5-1(6)2(7,8)3(9,10)4(11,12)13;/h2-7H,1H3;;;;/q-1;;;;+1. The Kier molecular flexibility index (Phi) is 11.1. The number of hydrogen-bond donors (Lipinski definition) is 0. The SMILES string of the molecule is CC([O][Sn]([C](F)(F)C(F)(F)C(F)(F)C(F)(F)F)([C](F)(F)C(F)(F)C(F)(F)C(F)(F)F)[C](F)(F)C(F)(F)C(F)(F)C(F)(F)F)c1ccccc1. The second-order valence-electron chi connectivity index (χ2n) is 9.51. The normalized spacial score (nSPS) is 17.0. The topological polar surface area (TPSA) is 9.23 Å². The first-order valence-electron chi connectivity index (χ1n) is 11.3. The molecule has 0 bridgehead atoms. The van der Waals surface area contributed by atoms with E-state index in [1.54, 1.807) is 0 Å². The average Bonchev–Trinajstić information content (AvgIpc) is 2.88. The molecule has 0 N–H and O–H groups in total. The molecule has 0 fully saturated rings. The van der Waals surface area contributed by atoms with Gasteiger partial charge in [0.25, 0.3) is 0 Å². The summed E-state index contributed by atoms with van der Waals surface area (Å²) in [5.74, 6) is -55.8. The van der Waals surface area contributed by atoms with Gasteiger partial charge >= 0.3 is 255 Å². The Morgan fingerprint density at radius 2 is 0.612 bits per heavy atom. The van der Waals surface area contributed by atoms with Gasteiger partial charge < -0.3 is 0 Å². The molecule has 0 aliphatic rings. The maximum absolute atomic E-state index is 15.4. The summed E-state index contributed by atoms with van der Waals surface area (Å²) < 4.78 is 350. The Bertz CT molecular complexity index is 1180. The van der Waals surface area contributed by atoms with E-state index in [2.05, 4.69) is 3.07 Å². The molecule has 1 nitrogen and oxygen atoms in total. The van der Waals surface area contributed by atoms with Crippen molar-refractivity contribution in [1.82, 2.24) is 0 Å². The van der Waals surface area contributed by atoms with Crippen LogP contribution in [0.25, 0.3) is 0 Å². The van der Waals surface area contributed by atoms with Crippen LogP contribution in [0.4, 0.5) is 119 Å². The zero-order chi connectivity index (χ0) is 39.9. The fraction of sp³-hybridized carbons (Fsp3) is 0.700. The van der Waals surface area contributed by atoms with Crippen LogP contribution in [-0.4, -0.2) is 84.7 Å². The van der Waals surface area contributed by atoms with E-state index in [1.807, 2.05) is 0 Å². The number of alkyl halides is 27. The van der Waals surface area contributed by atoms with Crippen LogP contribution >= 0.6 is 0 Å². The van der Waals surface area contributed by atoms with Gasteiger partial charge in [-0.15, -0.1) is 0 Å². The van der Waals surface area contributed by atoms with Gasteiger partial charge in [0.1, 0.15) is 0 Å². The summed E-state index contributed by atoms with van der Waals surface area (Å²) in [6.45, 7) is -0.594. The van der Waals surface area contributed by atoms with Crippen molar-refractivity contribution in [2.24, 2.45) is 0 Å². The van der Waals surface area contributed by atoms with Gasteiger partial charge in [-0.3, -0.25) is 0 Å². The van der Waals surface area contributed by atoms with E-state index in [9.17, 15) is 92.2 Å². The maximum atomic E-state index is 15.4. The Morgan fingerprint density at radius 3 is 0.816 bits per heavy atom. The Morgan fingerprint density at radius 1 is 0.388 bits per heavy atom. The van der Waals surface area contributed by atoms with E-state index in [-0.39, 0.29) is 12.1 Å². The molecule has 0 aliphatic carbocycles. The van der Waals surface area contributed by atoms with Crippen LogP contribution in [0.15, 0.2) is 30.3 Å². The summed E-state index contributed by atoms with van der Waals surface area (Å²) in [6, 6.07) is 1.46. The van der Waals surface area contributed by atoms with Gasteiger partial charge in [-0.1, -0.05) is 0 Å². The summed E-state index contributed by atoms with van der Waals surface area (Å²) in [5.41, 5.74) is -1.67. The number of benzene rings is 1. The molecule has 0 aromatic heterocycles. The van der Waals surface area contributed by atoms with Gasteiger partial charge in [0.2, 0.25) is 0 Å². The van der Waals surface area contributed by atoms with Crippen molar-refractivity contribution in [2.75, 3.05) is 0 Å². The van der Waals surface area contributed by atoms with Crippen LogP contribution in [0, 0.1) is 0 Å². The molecule has 1 rings (SSSR count). The molecule has 49 heavy (non-hydrogen) atoms. The minimum absolute atomic E-state index is 0.0170. The molecule has 0 saturated carbocycles. The number of rotatable bonds is 12. The summed E-state index contributed by atoms with van der Waals surface area (Å²) in [6.07, 6.45) is -29.5. The third-order valence-corrected chi connectivity index (χ3v) is 18.7. The molecule has 0 amide bonds. The van der Waals surface area contributed by atoms with Gasteiger partial charge in [-0.05, 0) is 0 Å². The van der Waals surface area contributed by atoms with E-state index in [1.165, 1.54) is 0 Å².